The number of phenols is 1. The number of carbonyl (C=O) groups is 3. The lowest BCUT2D eigenvalue weighted by Gasteiger charge is -2.50. The minimum atomic E-state index is -2.66. The van der Waals surface area contributed by atoms with Crippen molar-refractivity contribution in [3.8, 4) is 5.75 Å². The zero-order chi connectivity index (χ0) is 26.1. The highest BCUT2D eigenvalue weighted by molar-refractivity contribution is 6.24. The minimum Gasteiger partial charge on any atom is -0.508 e. The quantitative estimate of drug-likeness (QED) is 0.192. The summed E-state index contributed by atoms with van der Waals surface area (Å²) in [4.78, 5) is 42.3. The Bertz CT molecular complexity index is 1230. The zero-order valence-corrected chi connectivity index (χ0v) is 20.0. The lowest BCUT2D eigenvalue weighted by atomic mass is 9.57. The average Bonchev–Trinajstić information content (AvgIpc) is 2.77. The van der Waals surface area contributed by atoms with Crippen molar-refractivity contribution in [2.24, 2.45) is 17.6 Å². The van der Waals surface area contributed by atoms with Gasteiger partial charge in [-0.1, -0.05) is 0 Å². The fourth-order valence-corrected chi connectivity index (χ4v) is 5.82. The summed E-state index contributed by atoms with van der Waals surface area (Å²) in [5.74, 6) is -6.93. The van der Waals surface area contributed by atoms with Crippen LogP contribution in [0.1, 0.15) is 24.5 Å². The summed E-state index contributed by atoms with van der Waals surface area (Å²) in [6.07, 6.45) is 0.244. The van der Waals surface area contributed by atoms with Crippen LogP contribution in [0.25, 0.3) is 5.76 Å². The van der Waals surface area contributed by atoms with Gasteiger partial charge in [0.2, 0.25) is 5.78 Å². The molecule has 1 saturated carbocycles. The highest BCUT2D eigenvalue weighted by Gasteiger charge is 2.64. The average molecular weight is 487 g/mol. The van der Waals surface area contributed by atoms with Crippen LogP contribution in [0.5, 0.6) is 5.75 Å². The number of ketones is 2. The number of nitrogen functional groups attached to an aromatic ring is 1. The molecular formula is C24H30N4O7. The minimum absolute atomic E-state index is 0.000751. The van der Waals surface area contributed by atoms with Crippen LogP contribution in [0.2, 0.25) is 0 Å². The van der Waals surface area contributed by atoms with E-state index in [1.165, 1.54) is 4.90 Å². The molecule has 0 aromatic heterocycles. The van der Waals surface area contributed by atoms with Gasteiger partial charge in [-0.15, -0.1) is 0 Å². The van der Waals surface area contributed by atoms with Gasteiger partial charge in [-0.3, -0.25) is 19.3 Å². The van der Waals surface area contributed by atoms with Gasteiger partial charge in [0, 0.05) is 30.8 Å². The normalized spacial score (nSPS) is 28.1. The van der Waals surface area contributed by atoms with Crippen LogP contribution in [0.15, 0.2) is 23.0 Å². The molecule has 0 radical (unpaired) electrons. The van der Waals surface area contributed by atoms with Gasteiger partial charge in [0.25, 0.3) is 5.91 Å². The number of nitrogens with two attached hydrogens (primary N) is 2. The molecule has 1 amide bonds. The van der Waals surface area contributed by atoms with Crippen molar-refractivity contribution in [2.75, 3.05) is 38.3 Å². The molecule has 8 N–H and O–H groups in total. The van der Waals surface area contributed by atoms with Gasteiger partial charge in [0.05, 0.1) is 17.3 Å². The second-order valence-electron chi connectivity index (χ2n) is 9.66. The smallest absolute Gasteiger partial charge is 0.255 e. The van der Waals surface area contributed by atoms with Crippen molar-refractivity contribution < 1.29 is 34.8 Å². The van der Waals surface area contributed by atoms with Gasteiger partial charge < -0.3 is 36.8 Å². The molecular weight excluding hydrogens is 456 g/mol. The molecule has 0 saturated heterocycles. The van der Waals surface area contributed by atoms with E-state index < -0.39 is 63.8 Å². The molecule has 0 aliphatic heterocycles. The summed E-state index contributed by atoms with van der Waals surface area (Å²) in [7, 11) is 4.94. The molecule has 4 rings (SSSR count). The number of benzene rings is 1. The maximum atomic E-state index is 13.8. The number of hydrogen-bond donors (Lipinski definition) is 6. The van der Waals surface area contributed by atoms with Crippen molar-refractivity contribution in [1.82, 2.24) is 4.90 Å². The number of hydrogen-bond acceptors (Lipinski definition) is 10. The van der Waals surface area contributed by atoms with Gasteiger partial charge in [-0.25, -0.2) is 0 Å². The summed E-state index contributed by atoms with van der Waals surface area (Å²) in [6.45, 7) is 2.52. The molecule has 11 heteroatoms. The monoisotopic (exact) mass is 486 g/mol. The number of aliphatic hydroxyl groups is 3. The van der Waals surface area contributed by atoms with E-state index in [9.17, 15) is 34.8 Å². The number of Topliss-reactive ketones (excluding diaryl/α,β-unsaturated/α-hetero) is 2. The van der Waals surface area contributed by atoms with E-state index in [2.05, 4.69) is 0 Å². The SMILES string of the molecule is CCN(C)c1cc(N)c(O)c2c1CC1CC3[C@H](N(C)C)C(=O)C(C(N)=O)=C(O)[C@@]3(O)C(=O)C1=C2O. The number of fused-ring (bicyclic) bond motifs is 3. The first-order valence-electron chi connectivity index (χ1n) is 11.3. The van der Waals surface area contributed by atoms with Crippen LogP contribution in [0.4, 0.5) is 11.4 Å². The van der Waals surface area contributed by atoms with E-state index in [1.54, 1.807) is 20.2 Å². The summed E-state index contributed by atoms with van der Waals surface area (Å²) < 4.78 is 0. The Balaban J connectivity index is 2.00. The van der Waals surface area contributed by atoms with Crippen LogP contribution >= 0.6 is 0 Å². The molecule has 1 fully saturated rings. The van der Waals surface area contributed by atoms with Crippen molar-refractivity contribution in [1.29, 1.82) is 0 Å². The standard InChI is InChI=1S/C24H30N4O7/c1-5-28(4)13-8-12(25)18(29)15-10(13)6-9-7-11-17(27(2)3)20(31)16(23(26)34)22(33)24(11,35)21(32)14(9)19(15)30/h8-9,11,17,29-30,33,35H,5-7,25H2,1-4H3,(H2,26,34)/t9?,11?,17-,24-/m0/s1. The van der Waals surface area contributed by atoms with Crippen LogP contribution in [-0.4, -0.2) is 82.1 Å². The topological polar surface area (TPSA) is 191 Å². The Kier molecular flexibility index (Phi) is 5.61. The molecule has 0 bridgehead atoms. The fourth-order valence-electron chi connectivity index (χ4n) is 5.82. The van der Waals surface area contributed by atoms with Gasteiger partial charge in [-0.05, 0) is 51.4 Å². The molecule has 0 spiro atoms. The first-order chi connectivity index (χ1) is 16.3. The van der Waals surface area contributed by atoms with Gasteiger partial charge in [0.15, 0.2) is 11.4 Å². The number of aliphatic hydroxyl groups excluding tert-OH is 2. The molecule has 0 heterocycles. The van der Waals surface area contributed by atoms with Gasteiger partial charge >= 0.3 is 0 Å². The number of aromatic hydroxyl groups is 1. The van der Waals surface area contributed by atoms with E-state index >= 15 is 0 Å². The van der Waals surface area contributed by atoms with Crippen molar-refractivity contribution in [3.05, 3.63) is 34.1 Å². The molecule has 11 nitrogen and oxygen atoms in total. The third kappa shape index (κ3) is 3.15. The summed E-state index contributed by atoms with van der Waals surface area (Å²) in [5, 5.41) is 44.4. The Morgan fingerprint density at radius 3 is 2.37 bits per heavy atom. The Morgan fingerprint density at radius 2 is 1.83 bits per heavy atom. The predicted molar refractivity (Wildman–Crippen MR) is 128 cm³/mol. The van der Waals surface area contributed by atoms with E-state index in [4.69, 9.17) is 11.5 Å². The summed E-state index contributed by atoms with van der Waals surface area (Å²) in [6, 6.07) is 0.474. The van der Waals surface area contributed by atoms with Crippen LogP contribution in [0.3, 0.4) is 0 Å². The second-order valence-corrected chi connectivity index (χ2v) is 9.66. The predicted octanol–water partition coefficient (Wildman–Crippen LogP) is 0.00230. The number of phenolic OH excluding ortho intramolecular Hbond substituents is 1. The number of primary amides is 1. The van der Waals surface area contributed by atoms with E-state index in [0.29, 0.717) is 17.8 Å². The van der Waals surface area contributed by atoms with E-state index in [1.807, 2.05) is 18.9 Å². The Morgan fingerprint density at radius 1 is 1.20 bits per heavy atom. The van der Waals surface area contributed by atoms with E-state index in [0.717, 1.165) is 0 Å². The highest BCUT2D eigenvalue weighted by atomic mass is 16.3. The van der Waals surface area contributed by atoms with Gasteiger partial charge in [-0.2, -0.15) is 0 Å². The molecule has 4 atom stereocenters. The third-order valence-electron chi connectivity index (χ3n) is 7.61. The third-order valence-corrected chi connectivity index (χ3v) is 7.61. The molecule has 1 aromatic carbocycles. The largest absolute Gasteiger partial charge is 0.508 e. The van der Waals surface area contributed by atoms with Crippen molar-refractivity contribution in [3.63, 3.8) is 0 Å². The first kappa shape index (κ1) is 24.6. The second kappa shape index (κ2) is 7.99. The number of carbonyl (C=O) groups excluding carboxylic acids is 3. The summed E-state index contributed by atoms with van der Waals surface area (Å²) in [5.41, 5.74) is 8.82. The highest BCUT2D eigenvalue weighted by Crippen LogP contribution is 2.54. The maximum Gasteiger partial charge on any atom is 0.255 e. The molecule has 35 heavy (non-hydrogen) atoms. The van der Waals surface area contributed by atoms with Crippen LogP contribution in [-0.2, 0) is 20.8 Å². The first-order valence-corrected chi connectivity index (χ1v) is 11.3. The lowest BCUT2D eigenvalue weighted by Crippen LogP contribution is -2.65. The number of nitrogens with zero attached hydrogens (tertiary/aromatic N) is 2. The molecule has 3 aliphatic carbocycles. The number of rotatable bonds is 4. The molecule has 1 aromatic rings. The van der Waals surface area contributed by atoms with Gasteiger partial charge in [0.1, 0.15) is 22.8 Å². The molecule has 2 unspecified atom stereocenters. The number of likely N-dealkylation sites (N-methyl/N-ethyl adjacent to an activating group) is 1. The van der Waals surface area contributed by atoms with Crippen molar-refractivity contribution in [2.45, 2.75) is 31.4 Å². The maximum absolute atomic E-state index is 13.8. The molecule has 3 aliphatic rings. The number of amides is 1. The summed E-state index contributed by atoms with van der Waals surface area (Å²) >= 11 is 0. The van der Waals surface area contributed by atoms with E-state index in [-0.39, 0.29) is 29.7 Å². The molecule has 188 valence electrons. The van der Waals surface area contributed by atoms with Crippen LogP contribution in [0, 0.1) is 11.8 Å². The Hall–Kier alpha value is -3.57. The Labute approximate surface area is 201 Å². The lowest BCUT2D eigenvalue weighted by molar-refractivity contribution is -0.153. The zero-order valence-electron chi connectivity index (χ0n) is 20.0. The fraction of sp³-hybridized carbons (Fsp3) is 0.458. The number of anilines is 2. The van der Waals surface area contributed by atoms with Crippen LogP contribution < -0.4 is 16.4 Å². The van der Waals surface area contributed by atoms with Crippen molar-refractivity contribution >= 4 is 34.6 Å².